The summed E-state index contributed by atoms with van der Waals surface area (Å²) in [6.07, 6.45) is 0.452. The van der Waals surface area contributed by atoms with E-state index in [1.807, 2.05) is 20.8 Å². The van der Waals surface area contributed by atoms with E-state index in [2.05, 4.69) is 13.2 Å². The van der Waals surface area contributed by atoms with E-state index in [1.165, 1.54) is 0 Å². The van der Waals surface area contributed by atoms with Crippen LogP contribution in [0.2, 0.25) is 0 Å². The Morgan fingerprint density at radius 2 is 2.20 bits per heavy atom. The second-order valence-corrected chi connectivity index (χ2v) is 4.27. The Bertz CT molecular complexity index is 306. The van der Waals surface area contributed by atoms with Crippen LogP contribution >= 0.6 is 0 Å². The molecule has 0 aromatic rings. The van der Waals surface area contributed by atoms with Gasteiger partial charge in [-0.1, -0.05) is 13.2 Å². The third-order valence-corrected chi connectivity index (χ3v) is 3.01. The maximum absolute atomic E-state index is 11.5. The SMILES string of the molecule is C=C(C)C(=C)OC(C)C1(C)CCOC1=O. The molecule has 0 amide bonds. The lowest BCUT2D eigenvalue weighted by atomic mass is 9.83. The summed E-state index contributed by atoms with van der Waals surface area (Å²) in [5.41, 5.74) is 0.218. The van der Waals surface area contributed by atoms with Crippen molar-refractivity contribution in [2.75, 3.05) is 6.61 Å². The topological polar surface area (TPSA) is 35.5 Å². The van der Waals surface area contributed by atoms with Gasteiger partial charge in [-0.2, -0.15) is 0 Å². The number of allylic oxidation sites excluding steroid dienone is 1. The molecule has 0 radical (unpaired) electrons. The maximum atomic E-state index is 11.5. The zero-order valence-corrected chi connectivity index (χ0v) is 9.63. The second kappa shape index (κ2) is 4.09. The standard InChI is InChI=1S/C12H18O3/c1-8(2)9(3)15-10(4)12(5)6-7-14-11(12)13/h10H,1,3,6-7H2,2,4-5H3. The molecule has 3 nitrogen and oxygen atoms in total. The third kappa shape index (κ3) is 2.22. The lowest BCUT2D eigenvalue weighted by Crippen LogP contribution is -2.36. The molecule has 1 rings (SSSR count). The van der Waals surface area contributed by atoms with E-state index in [1.54, 1.807) is 0 Å². The highest BCUT2D eigenvalue weighted by atomic mass is 16.5. The van der Waals surface area contributed by atoms with Gasteiger partial charge in [-0.25, -0.2) is 0 Å². The van der Waals surface area contributed by atoms with Crippen LogP contribution in [-0.2, 0) is 14.3 Å². The van der Waals surface area contributed by atoms with Gasteiger partial charge in [0.1, 0.15) is 17.3 Å². The van der Waals surface area contributed by atoms with E-state index in [-0.39, 0.29) is 12.1 Å². The first kappa shape index (κ1) is 11.8. The van der Waals surface area contributed by atoms with E-state index >= 15 is 0 Å². The molecule has 0 aliphatic carbocycles. The van der Waals surface area contributed by atoms with Crippen molar-refractivity contribution < 1.29 is 14.3 Å². The van der Waals surface area contributed by atoms with Crippen LogP contribution in [0, 0.1) is 5.41 Å². The van der Waals surface area contributed by atoms with Crippen molar-refractivity contribution in [1.29, 1.82) is 0 Å². The number of carbonyl (C=O) groups is 1. The molecule has 2 atom stereocenters. The quantitative estimate of drug-likeness (QED) is 0.406. The van der Waals surface area contributed by atoms with Gasteiger partial charge < -0.3 is 9.47 Å². The predicted octanol–water partition coefficient (Wildman–Crippen LogP) is 2.43. The third-order valence-electron chi connectivity index (χ3n) is 3.01. The van der Waals surface area contributed by atoms with Gasteiger partial charge in [0, 0.05) is 6.42 Å². The van der Waals surface area contributed by atoms with Crippen LogP contribution < -0.4 is 0 Å². The van der Waals surface area contributed by atoms with E-state index in [4.69, 9.17) is 9.47 Å². The smallest absolute Gasteiger partial charge is 0.315 e. The van der Waals surface area contributed by atoms with E-state index in [0.717, 1.165) is 5.57 Å². The number of cyclic esters (lactones) is 1. The van der Waals surface area contributed by atoms with Crippen LogP contribution in [0.5, 0.6) is 0 Å². The summed E-state index contributed by atoms with van der Waals surface area (Å²) in [5, 5.41) is 0. The van der Waals surface area contributed by atoms with Crippen LogP contribution in [0.25, 0.3) is 0 Å². The van der Waals surface area contributed by atoms with E-state index < -0.39 is 5.41 Å². The minimum atomic E-state index is -0.557. The molecule has 2 unspecified atom stereocenters. The summed E-state index contributed by atoms with van der Waals surface area (Å²) in [7, 11) is 0. The number of hydrogen-bond donors (Lipinski definition) is 0. The van der Waals surface area contributed by atoms with Crippen LogP contribution in [-0.4, -0.2) is 18.7 Å². The van der Waals surface area contributed by atoms with E-state index in [9.17, 15) is 4.79 Å². The Kier molecular flexibility index (Phi) is 3.22. The van der Waals surface area contributed by atoms with Crippen LogP contribution in [0.1, 0.15) is 27.2 Å². The highest BCUT2D eigenvalue weighted by molar-refractivity contribution is 5.78. The number of ether oxygens (including phenoxy) is 2. The van der Waals surface area contributed by atoms with Gasteiger partial charge in [0.15, 0.2) is 0 Å². The Hall–Kier alpha value is -1.25. The average Bonchev–Trinajstić information content (AvgIpc) is 2.48. The van der Waals surface area contributed by atoms with Crippen molar-refractivity contribution in [2.24, 2.45) is 5.41 Å². The fourth-order valence-corrected chi connectivity index (χ4v) is 1.44. The predicted molar refractivity (Wildman–Crippen MR) is 58.2 cm³/mol. The summed E-state index contributed by atoms with van der Waals surface area (Å²) in [4.78, 5) is 11.5. The molecular formula is C12H18O3. The summed E-state index contributed by atoms with van der Waals surface area (Å²) < 4.78 is 10.5. The molecule has 1 heterocycles. The lowest BCUT2D eigenvalue weighted by molar-refractivity contribution is -0.150. The fourth-order valence-electron chi connectivity index (χ4n) is 1.44. The van der Waals surface area contributed by atoms with Crippen LogP contribution in [0.3, 0.4) is 0 Å². The summed E-state index contributed by atoms with van der Waals surface area (Å²) in [6.45, 7) is 13.5. The molecule has 1 aliphatic rings. The van der Waals surface area contributed by atoms with Gasteiger partial charge in [0.25, 0.3) is 0 Å². The first-order valence-corrected chi connectivity index (χ1v) is 5.06. The highest BCUT2D eigenvalue weighted by Gasteiger charge is 2.46. The van der Waals surface area contributed by atoms with Gasteiger partial charge in [-0.05, 0) is 26.3 Å². The molecule has 15 heavy (non-hydrogen) atoms. The average molecular weight is 210 g/mol. The molecule has 0 spiro atoms. The van der Waals surface area contributed by atoms with Crippen LogP contribution in [0.4, 0.5) is 0 Å². The Morgan fingerprint density at radius 1 is 1.60 bits per heavy atom. The molecule has 0 saturated carbocycles. The Morgan fingerprint density at radius 3 is 2.60 bits per heavy atom. The van der Waals surface area contributed by atoms with E-state index in [0.29, 0.717) is 18.8 Å². The Balaban J connectivity index is 2.68. The van der Waals surface area contributed by atoms with Crippen LogP contribution in [0.15, 0.2) is 24.5 Å². The summed E-state index contributed by atoms with van der Waals surface area (Å²) >= 11 is 0. The number of esters is 1. The first-order valence-electron chi connectivity index (χ1n) is 5.06. The maximum Gasteiger partial charge on any atom is 0.315 e. The minimum Gasteiger partial charge on any atom is -0.490 e. The van der Waals surface area contributed by atoms with Gasteiger partial charge in [-0.15, -0.1) is 0 Å². The molecule has 0 aromatic carbocycles. The number of rotatable bonds is 4. The zero-order valence-electron chi connectivity index (χ0n) is 9.63. The van der Waals surface area contributed by atoms with Crippen molar-refractivity contribution in [1.82, 2.24) is 0 Å². The largest absolute Gasteiger partial charge is 0.490 e. The van der Waals surface area contributed by atoms with Crippen molar-refractivity contribution in [2.45, 2.75) is 33.3 Å². The molecule has 84 valence electrons. The number of hydrogen-bond acceptors (Lipinski definition) is 3. The van der Waals surface area contributed by atoms with Gasteiger partial charge in [-0.3, -0.25) is 4.79 Å². The normalized spacial score (nSPS) is 27.0. The Labute approximate surface area is 90.8 Å². The molecule has 0 aromatic heterocycles. The minimum absolute atomic E-state index is 0.190. The van der Waals surface area contributed by atoms with Crippen molar-refractivity contribution >= 4 is 5.97 Å². The van der Waals surface area contributed by atoms with Gasteiger partial charge in [0.2, 0.25) is 0 Å². The highest BCUT2D eigenvalue weighted by Crippen LogP contribution is 2.35. The number of carbonyl (C=O) groups excluding carboxylic acids is 1. The van der Waals surface area contributed by atoms with Crippen molar-refractivity contribution in [3.05, 3.63) is 24.5 Å². The lowest BCUT2D eigenvalue weighted by Gasteiger charge is -2.28. The van der Waals surface area contributed by atoms with Gasteiger partial charge in [0.05, 0.1) is 6.61 Å². The van der Waals surface area contributed by atoms with Crippen molar-refractivity contribution in [3.63, 3.8) is 0 Å². The molecule has 1 aliphatic heterocycles. The summed E-state index contributed by atoms with van der Waals surface area (Å²) in [5.74, 6) is 0.341. The zero-order chi connectivity index (χ0) is 11.6. The fraction of sp³-hybridized carbons (Fsp3) is 0.583. The molecular weight excluding hydrogens is 192 g/mol. The first-order chi connectivity index (χ1) is 6.88. The van der Waals surface area contributed by atoms with Crippen molar-refractivity contribution in [3.8, 4) is 0 Å². The second-order valence-electron chi connectivity index (χ2n) is 4.27. The van der Waals surface area contributed by atoms with Gasteiger partial charge >= 0.3 is 5.97 Å². The molecule has 1 saturated heterocycles. The molecule has 3 heteroatoms. The molecule has 1 fully saturated rings. The summed E-state index contributed by atoms with van der Waals surface area (Å²) in [6, 6.07) is 0. The molecule has 0 N–H and O–H groups in total. The molecule has 0 bridgehead atoms. The monoisotopic (exact) mass is 210 g/mol.